The molecule has 1 rings (SSSR count). The highest BCUT2D eigenvalue weighted by molar-refractivity contribution is 9.10. The second kappa shape index (κ2) is 7.02. The van der Waals surface area contributed by atoms with E-state index in [2.05, 4.69) is 41.6 Å². The number of halogens is 1. The number of rotatable bonds is 6. The minimum atomic E-state index is 0.254. The van der Waals surface area contributed by atoms with Gasteiger partial charge in [0.15, 0.2) is 0 Å². The molecule has 1 N–H and O–H groups in total. The molecule has 96 valence electrons. The summed E-state index contributed by atoms with van der Waals surface area (Å²) in [6, 6.07) is 5.88. The van der Waals surface area contributed by atoms with Crippen LogP contribution in [0.2, 0.25) is 0 Å². The van der Waals surface area contributed by atoms with Crippen molar-refractivity contribution < 1.29 is 5.11 Å². The van der Waals surface area contributed by atoms with Gasteiger partial charge in [0.25, 0.3) is 0 Å². The van der Waals surface area contributed by atoms with Gasteiger partial charge in [-0.25, -0.2) is 0 Å². The van der Waals surface area contributed by atoms with Gasteiger partial charge in [0.2, 0.25) is 0 Å². The van der Waals surface area contributed by atoms with Crippen molar-refractivity contribution in [3.63, 3.8) is 0 Å². The Morgan fingerprint density at radius 1 is 1.35 bits per heavy atom. The largest absolute Gasteiger partial charge is 0.508 e. The Balaban J connectivity index is 2.85. The lowest BCUT2D eigenvalue weighted by molar-refractivity contribution is 0.215. The fourth-order valence-corrected chi connectivity index (χ4v) is 2.42. The molecule has 0 saturated carbocycles. The number of hydrogen-bond donors (Lipinski definition) is 1. The highest BCUT2D eigenvalue weighted by Crippen LogP contribution is 2.30. The van der Waals surface area contributed by atoms with Gasteiger partial charge in [0.05, 0.1) is 0 Å². The van der Waals surface area contributed by atoms with E-state index in [1.807, 2.05) is 12.1 Å². The molecule has 0 amide bonds. The molecule has 1 aromatic rings. The molecule has 0 bridgehead atoms. The van der Waals surface area contributed by atoms with Gasteiger partial charge in [-0.1, -0.05) is 36.2 Å². The first-order chi connectivity index (χ1) is 8.10. The summed E-state index contributed by atoms with van der Waals surface area (Å²) in [7, 11) is 0. The number of phenols is 1. The van der Waals surface area contributed by atoms with E-state index < -0.39 is 0 Å². The zero-order chi connectivity index (χ0) is 12.8. The zero-order valence-corrected chi connectivity index (χ0v) is 12.5. The Kier molecular flexibility index (Phi) is 6.00. The van der Waals surface area contributed by atoms with E-state index in [-0.39, 0.29) is 6.04 Å². The Morgan fingerprint density at radius 3 is 2.65 bits per heavy atom. The monoisotopic (exact) mass is 299 g/mol. The van der Waals surface area contributed by atoms with Crippen molar-refractivity contribution in [2.75, 3.05) is 13.1 Å². The Bertz CT molecular complexity index is 354. The standard InChI is InChI=1S/C14H22BrNO/c1-4-6-9-16(5-2)11(3)13-10-12(15)7-8-14(13)17/h7-8,10-11,17H,4-6,9H2,1-3H3. The lowest BCUT2D eigenvalue weighted by Crippen LogP contribution is -2.27. The average Bonchev–Trinajstić information content (AvgIpc) is 2.33. The fraction of sp³-hybridized carbons (Fsp3) is 0.571. The van der Waals surface area contributed by atoms with Gasteiger partial charge in [-0.3, -0.25) is 4.90 Å². The minimum absolute atomic E-state index is 0.254. The Hall–Kier alpha value is -0.540. The molecular formula is C14H22BrNO. The number of benzene rings is 1. The predicted molar refractivity (Wildman–Crippen MR) is 76.4 cm³/mol. The van der Waals surface area contributed by atoms with Gasteiger partial charge in [-0.05, 0) is 44.6 Å². The van der Waals surface area contributed by atoms with Gasteiger partial charge in [-0.15, -0.1) is 0 Å². The molecule has 0 heterocycles. The van der Waals surface area contributed by atoms with Crippen LogP contribution in [0.15, 0.2) is 22.7 Å². The lowest BCUT2D eigenvalue weighted by atomic mass is 10.1. The average molecular weight is 300 g/mol. The molecule has 0 spiro atoms. The van der Waals surface area contributed by atoms with Crippen LogP contribution >= 0.6 is 15.9 Å². The van der Waals surface area contributed by atoms with Gasteiger partial charge in [0.1, 0.15) is 5.75 Å². The quantitative estimate of drug-likeness (QED) is 0.845. The molecule has 0 aromatic heterocycles. The van der Waals surface area contributed by atoms with E-state index in [1.165, 1.54) is 12.8 Å². The summed E-state index contributed by atoms with van der Waals surface area (Å²) in [4.78, 5) is 2.39. The van der Waals surface area contributed by atoms with Crippen molar-refractivity contribution in [3.05, 3.63) is 28.2 Å². The number of unbranched alkanes of at least 4 members (excludes halogenated alkanes) is 1. The van der Waals surface area contributed by atoms with Crippen LogP contribution in [0.5, 0.6) is 5.75 Å². The van der Waals surface area contributed by atoms with Crippen LogP contribution in [-0.2, 0) is 0 Å². The summed E-state index contributed by atoms with van der Waals surface area (Å²) in [5.41, 5.74) is 0.998. The predicted octanol–water partition coefficient (Wildman–Crippen LogP) is 4.34. The Labute approximate surface area is 113 Å². The third-order valence-electron chi connectivity index (χ3n) is 3.19. The summed E-state index contributed by atoms with van der Waals surface area (Å²) in [5.74, 6) is 0.385. The van der Waals surface area contributed by atoms with Crippen LogP contribution in [0, 0.1) is 0 Å². The first-order valence-electron chi connectivity index (χ1n) is 6.32. The molecule has 2 nitrogen and oxygen atoms in total. The highest BCUT2D eigenvalue weighted by atomic mass is 79.9. The van der Waals surface area contributed by atoms with Gasteiger partial charge >= 0.3 is 0 Å². The smallest absolute Gasteiger partial charge is 0.120 e. The fourth-order valence-electron chi connectivity index (χ4n) is 2.04. The van der Waals surface area contributed by atoms with E-state index in [0.29, 0.717) is 5.75 Å². The second-order valence-electron chi connectivity index (χ2n) is 4.36. The maximum absolute atomic E-state index is 9.93. The van der Waals surface area contributed by atoms with Crippen LogP contribution in [0.3, 0.4) is 0 Å². The number of nitrogens with zero attached hydrogens (tertiary/aromatic N) is 1. The molecule has 1 unspecified atom stereocenters. The van der Waals surface area contributed by atoms with Crippen molar-refractivity contribution in [3.8, 4) is 5.75 Å². The van der Waals surface area contributed by atoms with Crippen molar-refractivity contribution >= 4 is 15.9 Å². The summed E-state index contributed by atoms with van der Waals surface area (Å²) < 4.78 is 1.02. The van der Waals surface area contributed by atoms with E-state index in [4.69, 9.17) is 0 Å². The van der Waals surface area contributed by atoms with Crippen molar-refractivity contribution in [2.45, 2.75) is 39.7 Å². The van der Waals surface area contributed by atoms with Crippen molar-refractivity contribution in [2.24, 2.45) is 0 Å². The van der Waals surface area contributed by atoms with Gasteiger partial charge in [-0.2, -0.15) is 0 Å². The molecule has 0 saturated heterocycles. The van der Waals surface area contributed by atoms with Crippen molar-refractivity contribution in [1.82, 2.24) is 4.90 Å². The van der Waals surface area contributed by atoms with Gasteiger partial charge in [0, 0.05) is 16.1 Å². The molecule has 0 aliphatic heterocycles. The van der Waals surface area contributed by atoms with E-state index >= 15 is 0 Å². The minimum Gasteiger partial charge on any atom is -0.508 e. The second-order valence-corrected chi connectivity index (χ2v) is 5.28. The van der Waals surface area contributed by atoms with Crippen LogP contribution in [-0.4, -0.2) is 23.1 Å². The third-order valence-corrected chi connectivity index (χ3v) is 3.69. The first-order valence-corrected chi connectivity index (χ1v) is 7.11. The van der Waals surface area contributed by atoms with E-state index in [1.54, 1.807) is 6.07 Å². The van der Waals surface area contributed by atoms with E-state index in [9.17, 15) is 5.11 Å². The van der Waals surface area contributed by atoms with Crippen LogP contribution in [0.1, 0.15) is 45.2 Å². The van der Waals surface area contributed by atoms with Crippen molar-refractivity contribution in [1.29, 1.82) is 0 Å². The molecule has 0 aliphatic carbocycles. The zero-order valence-electron chi connectivity index (χ0n) is 10.9. The lowest BCUT2D eigenvalue weighted by Gasteiger charge is -2.28. The maximum Gasteiger partial charge on any atom is 0.120 e. The van der Waals surface area contributed by atoms with Crippen LogP contribution in [0.25, 0.3) is 0 Å². The molecule has 0 aliphatic rings. The summed E-state index contributed by atoms with van der Waals surface area (Å²) in [6.45, 7) is 8.62. The van der Waals surface area contributed by atoms with Gasteiger partial charge < -0.3 is 5.11 Å². The third kappa shape index (κ3) is 4.00. The number of aromatic hydroxyl groups is 1. The first kappa shape index (κ1) is 14.5. The maximum atomic E-state index is 9.93. The number of hydrogen-bond acceptors (Lipinski definition) is 2. The Morgan fingerprint density at radius 2 is 2.06 bits per heavy atom. The summed E-state index contributed by atoms with van der Waals surface area (Å²) in [5, 5.41) is 9.93. The summed E-state index contributed by atoms with van der Waals surface area (Å²) >= 11 is 3.46. The molecule has 1 aromatic carbocycles. The van der Waals surface area contributed by atoms with Crippen LogP contribution in [0.4, 0.5) is 0 Å². The topological polar surface area (TPSA) is 23.5 Å². The summed E-state index contributed by atoms with van der Waals surface area (Å²) in [6.07, 6.45) is 2.40. The highest BCUT2D eigenvalue weighted by Gasteiger charge is 2.17. The molecule has 1 atom stereocenters. The molecular weight excluding hydrogens is 278 g/mol. The normalized spacial score (nSPS) is 13.0. The molecule has 0 radical (unpaired) electrons. The van der Waals surface area contributed by atoms with Crippen LogP contribution < -0.4 is 0 Å². The van der Waals surface area contributed by atoms with E-state index in [0.717, 1.165) is 23.1 Å². The molecule has 3 heteroatoms. The molecule has 0 fully saturated rings. The number of phenolic OH excluding ortho intramolecular Hbond substituents is 1. The molecule has 17 heavy (non-hydrogen) atoms. The SMILES string of the molecule is CCCCN(CC)C(C)c1cc(Br)ccc1O.